The number of amides is 12. The molecule has 2 unspecified atom stereocenters. The third kappa shape index (κ3) is 24.2. The lowest BCUT2D eigenvalue weighted by atomic mass is 9.89. The summed E-state index contributed by atoms with van der Waals surface area (Å²) in [6.07, 6.45) is 2.61. The predicted octanol–water partition coefficient (Wildman–Crippen LogP) is 0.843. The fourth-order valence-electron chi connectivity index (χ4n) is 11.6. The number of methoxy groups -OCH3 is 2. The van der Waals surface area contributed by atoms with Crippen molar-refractivity contribution >= 4 is 65.1 Å². The number of hydrogen-bond donors (Lipinski definition) is 10. The third-order valence-electron chi connectivity index (χ3n) is 17.1. The Bertz CT molecular complexity index is 2570. The summed E-state index contributed by atoms with van der Waals surface area (Å²) in [6.45, 7) is 20.0. The van der Waals surface area contributed by atoms with E-state index in [1.54, 1.807) is 79.5 Å². The molecule has 512 valence electrons. The van der Waals surface area contributed by atoms with Gasteiger partial charge in [0, 0.05) is 86.2 Å². The number of nitrogens with two attached hydrogens (primary N) is 1. The van der Waals surface area contributed by atoms with E-state index >= 15 is 0 Å². The molecule has 12 amide bonds. The van der Waals surface area contributed by atoms with Crippen molar-refractivity contribution in [3.8, 4) is 0 Å². The highest BCUT2D eigenvalue weighted by molar-refractivity contribution is 6.12. The molecule has 0 saturated carbocycles. The van der Waals surface area contributed by atoms with Crippen molar-refractivity contribution in [2.45, 2.75) is 181 Å². The van der Waals surface area contributed by atoms with E-state index in [1.807, 2.05) is 32.0 Å². The summed E-state index contributed by atoms with van der Waals surface area (Å²) in [5.41, 5.74) is 5.92. The number of rotatable bonds is 41. The maximum absolute atomic E-state index is 14.8. The number of aliphatic hydroxyl groups is 1. The standard InChI is InChI=1S/C64H107N13O14/c1-15-41(8)56(47(90-13)36-51(81)76-34-20-25-46(76)58(91-14)42(9)59(84)70-43(10)57(83)44-22-17-16-18-23-44)75(12)63(88)54(39(4)5)73-62(87)55(40(6)7)74(11)52(82)37-69-60(85)45(24-19-30-68-64(65)89)71-61(86)53(38(2)3)72-48(78)28-31-67-33-32-66-29-21-35-77-49(79)26-27-50(77)80/h16-18,22-23,26-27,38-43,45-47,53-58,66-67,83H,15,19-21,24-25,28-37H2,1-14H3,(H,69,85)(H,70,84)(H,71,86)(H,72,78)(H,73,87)(H3,65,68,89)/t41-,42+,43+,45-,46-,47+,53?,54?,55-,56-,57+,58+/m0/s1. The number of carbonyl (C=O) groups excluding carboxylic acids is 11. The largest absolute Gasteiger partial charge is 0.386 e. The summed E-state index contributed by atoms with van der Waals surface area (Å²) in [5.74, 6) is -7.07. The molecule has 0 radical (unpaired) electrons. The Morgan fingerprint density at radius 1 is 0.703 bits per heavy atom. The maximum Gasteiger partial charge on any atom is 0.312 e. The van der Waals surface area contributed by atoms with Crippen molar-refractivity contribution in [1.29, 1.82) is 0 Å². The van der Waals surface area contributed by atoms with Gasteiger partial charge in [-0.05, 0) is 74.8 Å². The summed E-state index contributed by atoms with van der Waals surface area (Å²) >= 11 is 0. The van der Waals surface area contributed by atoms with E-state index in [2.05, 4.69) is 42.5 Å². The lowest BCUT2D eigenvalue weighted by Gasteiger charge is -2.41. The first-order chi connectivity index (χ1) is 43.0. The van der Waals surface area contributed by atoms with Gasteiger partial charge in [0.1, 0.15) is 24.2 Å². The number of primary amides is 1. The van der Waals surface area contributed by atoms with Gasteiger partial charge in [-0.2, -0.15) is 0 Å². The van der Waals surface area contributed by atoms with E-state index in [0.717, 1.165) is 0 Å². The molecule has 12 atom stereocenters. The number of imide groups is 1. The molecule has 0 aromatic heterocycles. The van der Waals surface area contributed by atoms with Gasteiger partial charge in [-0.1, -0.05) is 99.1 Å². The molecule has 1 aromatic carbocycles. The quantitative estimate of drug-likeness (QED) is 0.0321. The molecule has 3 rings (SSSR count). The molecular weight excluding hydrogens is 1170 g/mol. The smallest absolute Gasteiger partial charge is 0.312 e. The number of nitrogens with zero attached hydrogens (tertiary/aromatic N) is 4. The number of hydrogen-bond acceptors (Lipinski definition) is 16. The molecule has 2 heterocycles. The van der Waals surface area contributed by atoms with Crippen LogP contribution in [-0.2, 0) is 57.4 Å². The normalized spacial score (nSPS) is 17.7. The van der Waals surface area contributed by atoms with Gasteiger partial charge in [0.2, 0.25) is 47.3 Å². The Morgan fingerprint density at radius 3 is 1.90 bits per heavy atom. The summed E-state index contributed by atoms with van der Waals surface area (Å²) in [7, 11) is 6.02. The monoisotopic (exact) mass is 1280 g/mol. The minimum Gasteiger partial charge on any atom is -0.386 e. The van der Waals surface area contributed by atoms with Crippen LogP contribution in [-0.4, -0.2) is 225 Å². The van der Waals surface area contributed by atoms with Crippen LogP contribution in [0, 0.1) is 29.6 Å². The molecule has 27 nitrogen and oxygen atoms in total. The third-order valence-corrected chi connectivity index (χ3v) is 17.1. The van der Waals surface area contributed by atoms with Crippen molar-refractivity contribution in [2.75, 3.05) is 80.7 Å². The van der Waals surface area contributed by atoms with E-state index in [-0.39, 0.29) is 61.8 Å². The van der Waals surface area contributed by atoms with Crippen LogP contribution in [0.4, 0.5) is 4.79 Å². The van der Waals surface area contributed by atoms with Crippen molar-refractivity contribution < 1.29 is 67.3 Å². The van der Waals surface area contributed by atoms with Crippen LogP contribution in [0.25, 0.3) is 0 Å². The molecule has 1 fully saturated rings. The van der Waals surface area contributed by atoms with Gasteiger partial charge in [-0.25, -0.2) is 4.79 Å². The molecule has 2 aliphatic heterocycles. The second-order valence-electron chi connectivity index (χ2n) is 24.9. The minimum absolute atomic E-state index is 0.00240. The van der Waals surface area contributed by atoms with Crippen LogP contribution >= 0.6 is 0 Å². The minimum atomic E-state index is -1.24. The van der Waals surface area contributed by atoms with Crippen LogP contribution in [0.1, 0.15) is 132 Å². The summed E-state index contributed by atoms with van der Waals surface area (Å²) in [4.78, 5) is 153. The number of carbonyl (C=O) groups is 11. The first-order valence-electron chi connectivity index (χ1n) is 32.1. The number of aliphatic hydroxyl groups excluding tert-OH is 1. The molecule has 11 N–H and O–H groups in total. The summed E-state index contributed by atoms with van der Waals surface area (Å²) < 4.78 is 12.0. The second kappa shape index (κ2) is 39.4. The van der Waals surface area contributed by atoms with E-state index in [4.69, 9.17) is 15.2 Å². The molecule has 0 bridgehead atoms. The fraction of sp³-hybridized carbons (Fsp3) is 0.703. The summed E-state index contributed by atoms with van der Waals surface area (Å²) in [5, 5.41) is 33.6. The zero-order valence-electron chi connectivity index (χ0n) is 56.1. The van der Waals surface area contributed by atoms with Crippen LogP contribution in [0.3, 0.4) is 0 Å². The Kier molecular flexibility index (Phi) is 33.8. The van der Waals surface area contributed by atoms with Gasteiger partial charge in [0.05, 0.1) is 55.3 Å². The topological polar surface area (TPSA) is 362 Å². The van der Waals surface area contributed by atoms with Crippen LogP contribution in [0.15, 0.2) is 42.5 Å². The van der Waals surface area contributed by atoms with Gasteiger partial charge >= 0.3 is 6.03 Å². The Labute approximate surface area is 537 Å². The SMILES string of the molecule is CC[C@H](C)[C@@H]([C@@H](CC(=O)N1CCC[C@H]1[C@H](OC)[C@@H](C)C(=O)N[C@H](C)[C@@H](O)c1ccccc1)OC)N(C)C(=O)C(NC(=O)[C@H](C(C)C)N(C)C(=O)CNC(=O)[C@H](CCCNC(N)=O)NC(=O)C(NC(=O)CCNCCNCCCN1C(=O)C=CC1=O)C(C)C)C(C)C. The second-order valence-corrected chi connectivity index (χ2v) is 24.9. The number of likely N-dealkylation sites (tertiary alicyclic amines) is 1. The number of nitrogens with one attached hydrogen (secondary N) is 8. The molecule has 1 aromatic rings. The zero-order chi connectivity index (χ0) is 68.2. The van der Waals surface area contributed by atoms with Crippen LogP contribution < -0.4 is 48.3 Å². The molecule has 1 saturated heterocycles. The average molecular weight is 1280 g/mol. The van der Waals surface area contributed by atoms with Crippen molar-refractivity contribution in [1.82, 2.24) is 62.1 Å². The van der Waals surface area contributed by atoms with E-state index in [9.17, 15) is 57.8 Å². The molecule has 27 heteroatoms. The van der Waals surface area contributed by atoms with Crippen molar-refractivity contribution in [3.63, 3.8) is 0 Å². The van der Waals surface area contributed by atoms with Gasteiger partial charge < -0.3 is 77.5 Å². The lowest BCUT2D eigenvalue weighted by Crippen LogP contribution is -2.61. The zero-order valence-corrected chi connectivity index (χ0v) is 56.1. The molecule has 0 spiro atoms. The van der Waals surface area contributed by atoms with E-state index in [1.165, 1.54) is 48.1 Å². The highest BCUT2D eigenvalue weighted by Gasteiger charge is 2.44. The highest BCUT2D eigenvalue weighted by Crippen LogP contribution is 2.30. The van der Waals surface area contributed by atoms with Crippen molar-refractivity contribution in [2.24, 2.45) is 35.3 Å². The maximum atomic E-state index is 14.8. The predicted molar refractivity (Wildman–Crippen MR) is 343 cm³/mol. The van der Waals surface area contributed by atoms with Gasteiger partial charge in [0.25, 0.3) is 11.8 Å². The van der Waals surface area contributed by atoms with Crippen LogP contribution in [0.5, 0.6) is 0 Å². The molecule has 91 heavy (non-hydrogen) atoms. The molecular formula is C64H107N13O14. The Morgan fingerprint density at radius 2 is 1.33 bits per heavy atom. The number of ether oxygens (including phenoxy) is 2. The Hall–Kier alpha value is -7.07. The van der Waals surface area contributed by atoms with E-state index < -0.39 is 132 Å². The van der Waals surface area contributed by atoms with Gasteiger partial charge in [-0.15, -0.1) is 0 Å². The molecule has 0 aliphatic carbocycles. The van der Waals surface area contributed by atoms with Crippen molar-refractivity contribution in [3.05, 3.63) is 48.0 Å². The first-order valence-corrected chi connectivity index (χ1v) is 32.1. The van der Waals surface area contributed by atoms with E-state index in [0.29, 0.717) is 70.5 Å². The Balaban J connectivity index is 1.67. The number of benzene rings is 1. The van der Waals surface area contributed by atoms with Crippen LogP contribution in [0.2, 0.25) is 0 Å². The number of urea groups is 1. The molecule has 2 aliphatic rings. The lowest BCUT2D eigenvalue weighted by molar-refractivity contribution is -0.148. The first kappa shape index (κ1) is 78.2. The average Bonchev–Trinajstić information content (AvgIpc) is 2.70. The van der Waals surface area contributed by atoms with Gasteiger partial charge in [0.15, 0.2) is 0 Å². The highest BCUT2D eigenvalue weighted by atomic mass is 16.5. The van der Waals surface area contributed by atoms with Gasteiger partial charge in [-0.3, -0.25) is 52.8 Å². The summed E-state index contributed by atoms with van der Waals surface area (Å²) in [6, 6.07) is 2.02. The number of likely N-dealkylation sites (N-methyl/N-ethyl adjacent to an activating group) is 2. The fourth-order valence-corrected chi connectivity index (χ4v) is 11.6.